The second-order valence-electron chi connectivity index (χ2n) is 8.20. The summed E-state index contributed by atoms with van der Waals surface area (Å²) in [5, 5.41) is 10.2. The molecule has 21 heavy (non-hydrogen) atoms. The average Bonchev–Trinajstić information content (AvgIpc) is 2.60. The van der Waals surface area contributed by atoms with Crippen LogP contribution in [0.4, 0.5) is 0 Å². The Bertz CT molecular complexity index is 509. The summed E-state index contributed by atoms with van der Waals surface area (Å²) < 4.78 is 0. The Labute approximate surface area is 127 Å². The zero-order valence-electron chi connectivity index (χ0n) is 14.0. The lowest BCUT2D eigenvalue weighted by Gasteiger charge is -2.46. The molecule has 0 spiro atoms. The largest absolute Gasteiger partial charge is 0.390 e. The fourth-order valence-electron chi connectivity index (χ4n) is 4.26. The number of ketones is 2. The predicted octanol–water partition coefficient (Wildman–Crippen LogP) is 3.59. The average molecular weight is 292 g/mol. The Kier molecular flexibility index (Phi) is 3.94. The minimum atomic E-state index is -0.921. The molecule has 0 aliphatic heterocycles. The summed E-state index contributed by atoms with van der Waals surface area (Å²) in [5.41, 5.74) is 0.415. The second kappa shape index (κ2) is 5.05. The topological polar surface area (TPSA) is 54.4 Å². The van der Waals surface area contributed by atoms with Crippen molar-refractivity contribution in [3.05, 3.63) is 11.1 Å². The smallest absolute Gasteiger partial charge is 0.165 e. The predicted molar refractivity (Wildman–Crippen MR) is 82.9 cm³/mol. The number of aliphatic hydroxyl groups is 1. The van der Waals surface area contributed by atoms with E-state index in [4.69, 9.17) is 0 Å². The monoisotopic (exact) mass is 292 g/mol. The molecule has 1 saturated carbocycles. The maximum absolute atomic E-state index is 13.1. The van der Waals surface area contributed by atoms with E-state index in [1.54, 1.807) is 20.8 Å². The molecule has 0 bridgehead atoms. The molecule has 0 aromatic rings. The van der Waals surface area contributed by atoms with Crippen molar-refractivity contribution in [1.29, 1.82) is 0 Å². The molecule has 118 valence electrons. The van der Waals surface area contributed by atoms with E-state index >= 15 is 0 Å². The number of rotatable bonds is 4. The molecule has 0 aromatic heterocycles. The Morgan fingerprint density at radius 2 is 1.90 bits per heavy atom. The first-order chi connectivity index (χ1) is 9.48. The summed E-state index contributed by atoms with van der Waals surface area (Å²) in [4.78, 5) is 24.7. The fourth-order valence-corrected chi connectivity index (χ4v) is 4.26. The van der Waals surface area contributed by atoms with Gasteiger partial charge in [-0.25, -0.2) is 0 Å². The molecule has 0 amide bonds. The molecular formula is C18H28O3. The summed E-state index contributed by atoms with van der Waals surface area (Å²) in [5.74, 6) is 0.267. The van der Waals surface area contributed by atoms with Gasteiger partial charge in [-0.2, -0.15) is 0 Å². The van der Waals surface area contributed by atoms with Crippen LogP contribution in [0.2, 0.25) is 0 Å². The van der Waals surface area contributed by atoms with Crippen LogP contribution in [0, 0.1) is 10.8 Å². The lowest BCUT2D eigenvalue weighted by atomic mass is 9.56. The van der Waals surface area contributed by atoms with Gasteiger partial charge in [0.05, 0.1) is 5.60 Å². The van der Waals surface area contributed by atoms with Gasteiger partial charge in [0, 0.05) is 18.3 Å². The van der Waals surface area contributed by atoms with Gasteiger partial charge in [0.1, 0.15) is 5.78 Å². The Balaban J connectivity index is 2.49. The van der Waals surface area contributed by atoms with E-state index < -0.39 is 5.60 Å². The third-order valence-corrected chi connectivity index (χ3v) is 5.61. The van der Waals surface area contributed by atoms with Crippen LogP contribution in [0.5, 0.6) is 0 Å². The first-order valence-electron chi connectivity index (χ1n) is 7.96. The standard InChI is InChI=1S/C18H28O3/c1-12(19)9-13-10-17(4)7-6-8-18(17,5)15(20)14(13)11-16(2,3)21/h21H,6-11H2,1-5H3. The lowest BCUT2D eigenvalue weighted by Crippen LogP contribution is -2.45. The van der Waals surface area contributed by atoms with Gasteiger partial charge in [0.2, 0.25) is 0 Å². The summed E-state index contributed by atoms with van der Waals surface area (Å²) in [6.07, 6.45) is 4.56. The lowest BCUT2D eigenvalue weighted by molar-refractivity contribution is -0.131. The van der Waals surface area contributed by atoms with E-state index in [0.29, 0.717) is 12.8 Å². The number of hydrogen-bond acceptors (Lipinski definition) is 3. The van der Waals surface area contributed by atoms with Crippen LogP contribution in [-0.2, 0) is 9.59 Å². The van der Waals surface area contributed by atoms with E-state index in [9.17, 15) is 14.7 Å². The van der Waals surface area contributed by atoms with Crippen LogP contribution in [0.25, 0.3) is 0 Å². The molecule has 3 nitrogen and oxygen atoms in total. The highest BCUT2D eigenvalue weighted by Crippen LogP contribution is 2.60. The van der Waals surface area contributed by atoms with Gasteiger partial charge >= 0.3 is 0 Å². The SMILES string of the molecule is CC(=O)CC1=C(CC(C)(C)O)C(=O)C2(C)CCCC2(C)C1. The molecule has 3 heteroatoms. The third-order valence-electron chi connectivity index (χ3n) is 5.61. The summed E-state index contributed by atoms with van der Waals surface area (Å²) in [6.45, 7) is 9.30. The Hall–Kier alpha value is -0.960. The number of allylic oxidation sites excluding steroid dienone is 1. The van der Waals surface area contributed by atoms with Crippen LogP contribution in [0.3, 0.4) is 0 Å². The van der Waals surface area contributed by atoms with Crippen LogP contribution in [0.15, 0.2) is 11.1 Å². The van der Waals surface area contributed by atoms with E-state index in [2.05, 4.69) is 13.8 Å². The van der Waals surface area contributed by atoms with Crippen molar-refractivity contribution in [1.82, 2.24) is 0 Å². The number of fused-ring (bicyclic) bond motifs is 1. The minimum Gasteiger partial charge on any atom is -0.390 e. The molecule has 0 radical (unpaired) electrons. The van der Waals surface area contributed by atoms with Crippen molar-refractivity contribution in [3.8, 4) is 0 Å². The number of carbonyl (C=O) groups excluding carboxylic acids is 2. The molecule has 2 unspecified atom stereocenters. The second-order valence-corrected chi connectivity index (χ2v) is 8.20. The molecule has 1 N–H and O–H groups in total. The summed E-state index contributed by atoms with van der Waals surface area (Å²) in [7, 11) is 0. The quantitative estimate of drug-likeness (QED) is 0.861. The van der Waals surface area contributed by atoms with Gasteiger partial charge in [-0.15, -0.1) is 0 Å². The Morgan fingerprint density at radius 3 is 2.43 bits per heavy atom. The molecule has 0 aromatic carbocycles. The third kappa shape index (κ3) is 2.85. The van der Waals surface area contributed by atoms with Gasteiger partial charge in [-0.05, 0) is 51.0 Å². The molecule has 0 heterocycles. The minimum absolute atomic E-state index is 0.0298. The highest BCUT2D eigenvalue weighted by Gasteiger charge is 2.56. The van der Waals surface area contributed by atoms with Crippen molar-refractivity contribution in [2.75, 3.05) is 0 Å². The molecule has 1 fully saturated rings. The van der Waals surface area contributed by atoms with Gasteiger partial charge < -0.3 is 5.11 Å². The van der Waals surface area contributed by atoms with Gasteiger partial charge in [0.15, 0.2) is 5.78 Å². The summed E-state index contributed by atoms with van der Waals surface area (Å²) in [6, 6.07) is 0. The van der Waals surface area contributed by atoms with E-state index in [0.717, 1.165) is 36.8 Å². The van der Waals surface area contributed by atoms with Crippen molar-refractivity contribution < 1.29 is 14.7 Å². The van der Waals surface area contributed by atoms with E-state index in [-0.39, 0.29) is 22.4 Å². The normalized spacial score (nSPS) is 33.3. The van der Waals surface area contributed by atoms with E-state index in [1.807, 2.05) is 0 Å². The number of hydrogen-bond donors (Lipinski definition) is 1. The number of carbonyl (C=O) groups is 2. The molecule has 2 aliphatic rings. The van der Waals surface area contributed by atoms with Crippen LogP contribution >= 0.6 is 0 Å². The zero-order valence-corrected chi connectivity index (χ0v) is 14.0. The van der Waals surface area contributed by atoms with Crippen LogP contribution in [0.1, 0.15) is 73.1 Å². The maximum Gasteiger partial charge on any atom is 0.165 e. The van der Waals surface area contributed by atoms with Crippen LogP contribution in [-0.4, -0.2) is 22.3 Å². The van der Waals surface area contributed by atoms with Gasteiger partial charge in [-0.1, -0.05) is 25.8 Å². The first-order valence-corrected chi connectivity index (χ1v) is 7.96. The molecule has 0 saturated heterocycles. The van der Waals surface area contributed by atoms with Gasteiger partial charge in [-0.3, -0.25) is 9.59 Å². The zero-order chi connectivity index (χ0) is 16.1. The molecule has 2 rings (SSSR count). The van der Waals surface area contributed by atoms with Crippen molar-refractivity contribution in [3.63, 3.8) is 0 Å². The van der Waals surface area contributed by atoms with Crippen LogP contribution < -0.4 is 0 Å². The van der Waals surface area contributed by atoms with Crippen molar-refractivity contribution >= 4 is 11.6 Å². The van der Waals surface area contributed by atoms with E-state index in [1.165, 1.54) is 0 Å². The maximum atomic E-state index is 13.1. The highest BCUT2D eigenvalue weighted by molar-refractivity contribution is 6.03. The molecule has 2 atom stereocenters. The Morgan fingerprint density at radius 1 is 1.29 bits per heavy atom. The highest BCUT2D eigenvalue weighted by atomic mass is 16.3. The summed E-state index contributed by atoms with van der Waals surface area (Å²) >= 11 is 0. The van der Waals surface area contributed by atoms with Crippen molar-refractivity contribution in [2.24, 2.45) is 10.8 Å². The van der Waals surface area contributed by atoms with Crippen molar-refractivity contribution in [2.45, 2.75) is 78.7 Å². The molecule has 2 aliphatic carbocycles. The fraction of sp³-hybridized carbons (Fsp3) is 0.778. The molecular weight excluding hydrogens is 264 g/mol. The number of Topliss-reactive ketones (excluding diaryl/α,β-unsaturated/α-hetero) is 2. The first kappa shape index (κ1) is 16.4. The van der Waals surface area contributed by atoms with Gasteiger partial charge in [0.25, 0.3) is 0 Å².